The molecule has 7 nitrogen and oxygen atoms in total. The van der Waals surface area contributed by atoms with Gasteiger partial charge in [0.05, 0.1) is 23.7 Å². The van der Waals surface area contributed by atoms with Gasteiger partial charge in [0.25, 0.3) is 0 Å². The van der Waals surface area contributed by atoms with Gasteiger partial charge < -0.3 is 15.5 Å². The molecule has 1 saturated heterocycles. The summed E-state index contributed by atoms with van der Waals surface area (Å²) in [4.78, 5) is 11.0. The maximum absolute atomic E-state index is 14.0. The molecule has 0 radical (unpaired) electrons. The first-order chi connectivity index (χ1) is 14.9. The molecule has 0 bridgehead atoms. The lowest BCUT2D eigenvalue weighted by atomic mass is 9.86. The fourth-order valence-electron chi connectivity index (χ4n) is 3.59. The molecule has 3 heterocycles. The van der Waals surface area contributed by atoms with E-state index in [1.165, 1.54) is 23.7 Å². The Balaban J connectivity index is 1.46. The Morgan fingerprint density at radius 2 is 2.10 bits per heavy atom. The Hall–Kier alpha value is -3.16. The number of hydrogen-bond donors (Lipinski definition) is 2. The van der Waals surface area contributed by atoms with Crippen LogP contribution in [0.25, 0.3) is 0 Å². The van der Waals surface area contributed by atoms with Crippen molar-refractivity contribution in [1.82, 2.24) is 19.7 Å². The molecule has 1 aromatic carbocycles. The summed E-state index contributed by atoms with van der Waals surface area (Å²) in [6.45, 7) is 5.03. The summed E-state index contributed by atoms with van der Waals surface area (Å²) < 4.78 is 31.7. The lowest BCUT2D eigenvalue weighted by Gasteiger charge is -2.50. The minimum Gasteiger partial charge on any atom is -0.352 e. The number of nitriles is 1. The highest BCUT2D eigenvalue weighted by Gasteiger charge is 2.43. The van der Waals surface area contributed by atoms with E-state index in [4.69, 9.17) is 0 Å². The van der Waals surface area contributed by atoms with Crippen LogP contribution in [-0.4, -0.2) is 33.0 Å². The van der Waals surface area contributed by atoms with Crippen LogP contribution in [-0.2, 0) is 6.54 Å². The van der Waals surface area contributed by atoms with Crippen molar-refractivity contribution in [3.63, 3.8) is 0 Å². The first-order valence-corrected chi connectivity index (χ1v) is 10.5. The molecular weight excluding hydrogens is 420 g/mol. The maximum atomic E-state index is 14.0. The number of aryl methyl sites for hydroxylation is 2. The second kappa shape index (κ2) is 8.53. The second-order valence-corrected chi connectivity index (χ2v) is 8.50. The summed E-state index contributed by atoms with van der Waals surface area (Å²) in [5.41, 5.74) is 1.55. The normalized spacial score (nSPS) is 14.7. The van der Waals surface area contributed by atoms with Gasteiger partial charge in [0.1, 0.15) is 10.8 Å². The molecule has 4 rings (SSSR count). The first-order valence-electron chi connectivity index (χ1n) is 9.73. The zero-order valence-electron chi connectivity index (χ0n) is 17.1. The van der Waals surface area contributed by atoms with Crippen LogP contribution in [0.2, 0.25) is 0 Å². The number of aromatic nitrogens is 3. The van der Waals surface area contributed by atoms with Gasteiger partial charge in [-0.25, -0.2) is 13.8 Å². The van der Waals surface area contributed by atoms with Crippen molar-refractivity contribution in [2.24, 2.45) is 0 Å². The molecule has 1 fully saturated rings. The second-order valence-electron chi connectivity index (χ2n) is 7.70. The molecule has 0 amide bonds. The summed E-state index contributed by atoms with van der Waals surface area (Å²) in [6.07, 6.45) is 1.99. The monoisotopic (exact) mass is 441 g/mol. The van der Waals surface area contributed by atoms with Crippen LogP contribution >= 0.6 is 11.5 Å². The molecule has 160 valence electrons. The summed E-state index contributed by atoms with van der Waals surface area (Å²) in [7, 11) is 0. The fraction of sp³-hybridized carbons (Fsp3) is 0.333. The Morgan fingerprint density at radius 1 is 1.29 bits per heavy atom. The highest BCUT2D eigenvalue weighted by molar-refractivity contribution is 7.10. The van der Waals surface area contributed by atoms with Crippen molar-refractivity contribution in [2.75, 3.05) is 23.3 Å². The van der Waals surface area contributed by atoms with Crippen molar-refractivity contribution in [1.29, 1.82) is 5.26 Å². The minimum absolute atomic E-state index is 0.138. The van der Waals surface area contributed by atoms with Gasteiger partial charge >= 0.3 is 0 Å². The molecule has 0 aliphatic carbocycles. The van der Waals surface area contributed by atoms with Crippen LogP contribution in [0.15, 0.2) is 30.5 Å². The van der Waals surface area contributed by atoms with Gasteiger partial charge in [0, 0.05) is 37.0 Å². The Kier molecular flexibility index (Phi) is 5.80. The van der Waals surface area contributed by atoms with E-state index in [-0.39, 0.29) is 18.5 Å². The van der Waals surface area contributed by atoms with E-state index in [2.05, 4.69) is 31.0 Å². The zero-order chi connectivity index (χ0) is 22.0. The number of halogens is 2. The number of hydrogen-bond acceptors (Lipinski definition) is 8. The van der Waals surface area contributed by atoms with Gasteiger partial charge in [-0.05, 0) is 37.5 Å². The third kappa shape index (κ3) is 4.47. The minimum atomic E-state index is -0.878. The molecule has 1 aliphatic heterocycles. The predicted molar refractivity (Wildman–Crippen MR) is 115 cm³/mol. The highest BCUT2D eigenvalue weighted by Crippen LogP contribution is 2.32. The van der Waals surface area contributed by atoms with E-state index in [0.29, 0.717) is 19.0 Å². The lowest BCUT2D eigenvalue weighted by molar-refractivity contribution is 0.254. The molecule has 10 heteroatoms. The molecule has 3 aromatic rings. The SMILES string of the molecule is Cc1cc(Nc2ncc(C)c(N3CC(CC#N)(NCc4cccc(F)c4F)C3)n2)sn1. The van der Waals surface area contributed by atoms with Crippen LogP contribution in [0.4, 0.5) is 25.5 Å². The van der Waals surface area contributed by atoms with Crippen molar-refractivity contribution in [2.45, 2.75) is 32.4 Å². The van der Waals surface area contributed by atoms with E-state index in [0.717, 1.165) is 28.1 Å². The molecule has 1 aliphatic rings. The average Bonchev–Trinajstić information content (AvgIpc) is 3.12. The van der Waals surface area contributed by atoms with E-state index < -0.39 is 17.2 Å². The third-order valence-corrected chi connectivity index (χ3v) is 5.99. The van der Waals surface area contributed by atoms with Gasteiger partial charge in [0.15, 0.2) is 11.6 Å². The fourth-order valence-corrected chi connectivity index (χ4v) is 4.24. The van der Waals surface area contributed by atoms with Crippen molar-refractivity contribution >= 4 is 28.3 Å². The molecule has 0 atom stereocenters. The number of benzene rings is 1. The molecule has 0 spiro atoms. The van der Waals surface area contributed by atoms with Crippen LogP contribution in [0.5, 0.6) is 0 Å². The van der Waals surface area contributed by atoms with Crippen molar-refractivity contribution < 1.29 is 8.78 Å². The molecule has 0 unspecified atom stereocenters. The van der Waals surface area contributed by atoms with Gasteiger partial charge in [0.2, 0.25) is 5.95 Å². The van der Waals surface area contributed by atoms with Crippen molar-refractivity contribution in [3.05, 3.63) is 58.9 Å². The predicted octanol–water partition coefficient (Wildman–Crippen LogP) is 3.83. The van der Waals surface area contributed by atoms with E-state index in [1.807, 2.05) is 24.8 Å². The van der Waals surface area contributed by atoms with E-state index in [1.54, 1.807) is 6.20 Å². The van der Waals surface area contributed by atoms with Crippen LogP contribution in [0.3, 0.4) is 0 Å². The quantitative estimate of drug-likeness (QED) is 0.576. The van der Waals surface area contributed by atoms with Gasteiger partial charge in [-0.15, -0.1) is 0 Å². The first kappa shape index (κ1) is 21.1. The van der Waals surface area contributed by atoms with Crippen molar-refractivity contribution in [3.8, 4) is 6.07 Å². The largest absolute Gasteiger partial charge is 0.352 e. The van der Waals surface area contributed by atoms with Crippen LogP contribution in [0, 0.1) is 36.8 Å². The van der Waals surface area contributed by atoms with E-state index in [9.17, 15) is 14.0 Å². The molecule has 2 aromatic heterocycles. The highest BCUT2D eigenvalue weighted by atomic mass is 32.1. The smallest absolute Gasteiger partial charge is 0.229 e. The molecule has 0 saturated carbocycles. The number of nitrogens with one attached hydrogen (secondary N) is 2. The Bertz CT molecular complexity index is 1130. The summed E-state index contributed by atoms with van der Waals surface area (Å²) in [6, 6.07) is 8.22. The van der Waals surface area contributed by atoms with Gasteiger partial charge in [-0.2, -0.15) is 14.6 Å². The van der Waals surface area contributed by atoms with Crippen LogP contribution < -0.4 is 15.5 Å². The number of anilines is 3. The summed E-state index contributed by atoms with van der Waals surface area (Å²) in [5.74, 6) is -0.501. The topological polar surface area (TPSA) is 89.8 Å². The standard InChI is InChI=1S/C21H21F2N7S/c1-13-9-25-20(27-17-8-14(2)29-31-17)28-19(13)30-11-21(12-30,6-7-24)26-10-15-4-3-5-16(22)18(15)23/h3-5,8-9,26H,6,10-12H2,1-2H3,(H,25,27,28). The summed E-state index contributed by atoms with van der Waals surface area (Å²) >= 11 is 1.34. The Morgan fingerprint density at radius 3 is 2.81 bits per heavy atom. The van der Waals surface area contributed by atoms with Gasteiger partial charge in [-0.1, -0.05) is 12.1 Å². The van der Waals surface area contributed by atoms with E-state index >= 15 is 0 Å². The molecular formula is C21H21F2N7S. The molecule has 31 heavy (non-hydrogen) atoms. The zero-order valence-corrected chi connectivity index (χ0v) is 17.9. The Labute approximate surface area is 182 Å². The number of nitrogens with zero attached hydrogens (tertiary/aromatic N) is 5. The summed E-state index contributed by atoms with van der Waals surface area (Å²) in [5, 5.41) is 16.6. The lowest BCUT2D eigenvalue weighted by Crippen LogP contribution is -2.69. The number of rotatable bonds is 7. The maximum Gasteiger partial charge on any atom is 0.229 e. The van der Waals surface area contributed by atoms with Crippen LogP contribution in [0.1, 0.15) is 23.2 Å². The van der Waals surface area contributed by atoms with Gasteiger partial charge in [-0.3, -0.25) is 0 Å². The molecule has 2 N–H and O–H groups in total. The average molecular weight is 442 g/mol. The third-order valence-electron chi connectivity index (χ3n) is 5.20.